The molecular weight excluding hydrogens is 252 g/mol. The molecule has 0 aromatic heterocycles. The third kappa shape index (κ3) is 2.20. The molecule has 1 heterocycles. The van der Waals surface area contributed by atoms with E-state index in [2.05, 4.69) is 0 Å². The van der Waals surface area contributed by atoms with E-state index in [1.165, 1.54) is 4.90 Å². The standard InChI is InChI=1S/C13H15ClN2O2/c1-3-15-9(2)8-12(17)16(13(15)18)11-6-4-10(14)5-7-11/h4-7,9H,3,8H2,1-2H3. The number of carbonyl (C=O) groups excluding carboxylic acids is 2. The van der Waals surface area contributed by atoms with E-state index in [-0.39, 0.29) is 18.0 Å². The first kappa shape index (κ1) is 12.9. The maximum atomic E-state index is 12.3. The summed E-state index contributed by atoms with van der Waals surface area (Å²) in [6.45, 7) is 4.39. The zero-order chi connectivity index (χ0) is 13.3. The van der Waals surface area contributed by atoms with Crippen molar-refractivity contribution in [2.45, 2.75) is 26.3 Å². The van der Waals surface area contributed by atoms with Crippen molar-refractivity contribution in [1.29, 1.82) is 0 Å². The maximum absolute atomic E-state index is 12.3. The molecule has 1 saturated heterocycles. The fourth-order valence-corrected chi connectivity index (χ4v) is 2.30. The second-order valence-electron chi connectivity index (χ2n) is 4.33. The van der Waals surface area contributed by atoms with Gasteiger partial charge >= 0.3 is 6.03 Å². The molecular formula is C13H15ClN2O2. The van der Waals surface area contributed by atoms with E-state index in [0.29, 0.717) is 23.7 Å². The van der Waals surface area contributed by atoms with Crippen molar-refractivity contribution in [3.05, 3.63) is 29.3 Å². The minimum absolute atomic E-state index is 0.0430. The highest BCUT2D eigenvalue weighted by Crippen LogP contribution is 2.25. The highest BCUT2D eigenvalue weighted by Gasteiger charge is 2.36. The summed E-state index contributed by atoms with van der Waals surface area (Å²) in [6.07, 6.45) is 0.349. The molecule has 1 unspecified atom stereocenters. The van der Waals surface area contributed by atoms with E-state index in [4.69, 9.17) is 11.6 Å². The van der Waals surface area contributed by atoms with Gasteiger partial charge in [-0.2, -0.15) is 0 Å². The summed E-state index contributed by atoms with van der Waals surface area (Å²) in [5.41, 5.74) is 0.569. The van der Waals surface area contributed by atoms with Gasteiger partial charge in [0.1, 0.15) is 0 Å². The molecule has 0 radical (unpaired) electrons. The Morgan fingerprint density at radius 2 is 1.89 bits per heavy atom. The number of hydrogen-bond acceptors (Lipinski definition) is 2. The molecule has 0 bridgehead atoms. The average molecular weight is 267 g/mol. The summed E-state index contributed by atoms with van der Waals surface area (Å²) >= 11 is 5.80. The van der Waals surface area contributed by atoms with Crippen LogP contribution in [0.2, 0.25) is 5.02 Å². The molecule has 1 aliphatic heterocycles. The molecule has 1 aliphatic rings. The van der Waals surface area contributed by atoms with Gasteiger partial charge in [-0.1, -0.05) is 11.6 Å². The van der Waals surface area contributed by atoms with Crippen LogP contribution in [0.3, 0.4) is 0 Å². The topological polar surface area (TPSA) is 40.6 Å². The van der Waals surface area contributed by atoms with Crippen molar-refractivity contribution in [2.24, 2.45) is 0 Å². The molecule has 1 fully saturated rings. The maximum Gasteiger partial charge on any atom is 0.331 e. The third-order valence-electron chi connectivity index (χ3n) is 3.11. The lowest BCUT2D eigenvalue weighted by Crippen LogP contribution is -2.56. The lowest BCUT2D eigenvalue weighted by atomic mass is 10.1. The number of urea groups is 1. The quantitative estimate of drug-likeness (QED) is 0.826. The second kappa shape index (κ2) is 4.98. The molecule has 1 atom stereocenters. The van der Waals surface area contributed by atoms with Crippen molar-refractivity contribution in [3.8, 4) is 0 Å². The number of benzene rings is 1. The highest BCUT2D eigenvalue weighted by molar-refractivity contribution is 6.30. The predicted octanol–water partition coefficient (Wildman–Crippen LogP) is 2.91. The summed E-state index contributed by atoms with van der Waals surface area (Å²) in [6, 6.07) is 6.41. The van der Waals surface area contributed by atoms with Crippen molar-refractivity contribution in [3.63, 3.8) is 0 Å². The van der Waals surface area contributed by atoms with Crippen LogP contribution in [0.25, 0.3) is 0 Å². The molecule has 4 nitrogen and oxygen atoms in total. The Labute approximate surface area is 111 Å². The molecule has 0 saturated carbocycles. The number of anilines is 1. The monoisotopic (exact) mass is 266 g/mol. The Morgan fingerprint density at radius 3 is 2.44 bits per heavy atom. The lowest BCUT2D eigenvalue weighted by Gasteiger charge is -2.38. The Kier molecular flexibility index (Phi) is 3.57. The van der Waals surface area contributed by atoms with Crippen molar-refractivity contribution in [1.82, 2.24) is 4.90 Å². The first-order chi connectivity index (χ1) is 8.54. The largest absolute Gasteiger partial charge is 0.331 e. The zero-order valence-electron chi connectivity index (χ0n) is 10.4. The van der Waals surface area contributed by atoms with E-state index in [1.807, 2.05) is 13.8 Å². The van der Waals surface area contributed by atoms with Crippen molar-refractivity contribution < 1.29 is 9.59 Å². The molecule has 96 valence electrons. The first-order valence-electron chi connectivity index (χ1n) is 5.93. The van der Waals surface area contributed by atoms with Gasteiger partial charge in [-0.25, -0.2) is 9.69 Å². The molecule has 0 N–H and O–H groups in total. The van der Waals surface area contributed by atoms with Gasteiger partial charge in [-0.15, -0.1) is 0 Å². The van der Waals surface area contributed by atoms with E-state index in [0.717, 1.165) is 0 Å². The lowest BCUT2D eigenvalue weighted by molar-refractivity contribution is -0.120. The van der Waals surface area contributed by atoms with E-state index >= 15 is 0 Å². The van der Waals surface area contributed by atoms with Crippen LogP contribution < -0.4 is 4.90 Å². The van der Waals surface area contributed by atoms with Gasteiger partial charge in [0.05, 0.1) is 5.69 Å². The first-order valence-corrected chi connectivity index (χ1v) is 6.31. The van der Waals surface area contributed by atoms with Gasteiger partial charge in [0.2, 0.25) is 5.91 Å². The van der Waals surface area contributed by atoms with Crippen LogP contribution in [-0.4, -0.2) is 29.4 Å². The average Bonchev–Trinajstić information content (AvgIpc) is 2.31. The van der Waals surface area contributed by atoms with E-state index < -0.39 is 0 Å². The van der Waals surface area contributed by atoms with Gasteiger partial charge in [-0.05, 0) is 38.1 Å². The summed E-state index contributed by atoms with van der Waals surface area (Å²) in [5, 5.41) is 0.580. The third-order valence-corrected chi connectivity index (χ3v) is 3.37. The van der Waals surface area contributed by atoms with Crippen LogP contribution >= 0.6 is 11.6 Å². The number of nitrogens with zero attached hydrogens (tertiary/aromatic N) is 2. The van der Waals surface area contributed by atoms with Crippen LogP contribution in [0.4, 0.5) is 10.5 Å². The van der Waals surface area contributed by atoms with Crippen LogP contribution in [0.15, 0.2) is 24.3 Å². The van der Waals surface area contributed by atoms with Gasteiger partial charge < -0.3 is 4.90 Å². The van der Waals surface area contributed by atoms with Crippen LogP contribution in [0, 0.1) is 0 Å². The predicted molar refractivity (Wildman–Crippen MR) is 70.8 cm³/mol. The van der Waals surface area contributed by atoms with Gasteiger partial charge in [0.15, 0.2) is 0 Å². The van der Waals surface area contributed by atoms with Gasteiger partial charge in [0.25, 0.3) is 0 Å². The number of rotatable bonds is 2. The summed E-state index contributed by atoms with van der Waals surface area (Å²) in [7, 11) is 0. The number of hydrogen-bond donors (Lipinski definition) is 0. The molecule has 2 rings (SSSR count). The molecule has 5 heteroatoms. The SMILES string of the molecule is CCN1C(=O)N(c2ccc(Cl)cc2)C(=O)CC1C. The fourth-order valence-electron chi connectivity index (χ4n) is 2.17. The normalized spacial score (nSPS) is 20.5. The molecule has 0 spiro atoms. The molecule has 1 aromatic rings. The molecule has 1 aromatic carbocycles. The van der Waals surface area contributed by atoms with Crippen molar-refractivity contribution in [2.75, 3.05) is 11.4 Å². The van der Waals surface area contributed by atoms with Crippen molar-refractivity contribution >= 4 is 29.2 Å². The summed E-state index contributed by atoms with van der Waals surface area (Å²) in [4.78, 5) is 27.2. The number of imide groups is 1. The van der Waals surface area contributed by atoms with Crippen LogP contribution in [-0.2, 0) is 4.79 Å². The minimum atomic E-state index is -0.261. The Balaban J connectivity index is 2.33. The Morgan fingerprint density at radius 1 is 1.28 bits per heavy atom. The van der Waals surface area contributed by atoms with E-state index in [1.54, 1.807) is 29.2 Å². The van der Waals surface area contributed by atoms with E-state index in [9.17, 15) is 9.59 Å². The van der Waals surface area contributed by atoms with Crippen LogP contribution in [0.5, 0.6) is 0 Å². The number of halogens is 1. The van der Waals surface area contributed by atoms with Gasteiger partial charge in [-0.3, -0.25) is 4.79 Å². The fraction of sp³-hybridized carbons (Fsp3) is 0.385. The molecule has 3 amide bonds. The Bertz CT molecular complexity index is 472. The van der Waals surface area contributed by atoms with Crippen LogP contribution in [0.1, 0.15) is 20.3 Å². The number of carbonyl (C=O) groups is 2. The molecule has 18 heavy (non-hydrogen) atoms. The molecule has 0 aliphatic carbocycles. The summed E-state index contributed by atoms with van der Waals surface area (Å²) < 4.78 is 0. The summed E-state index contributed by atoms with van der Waals surface area (Å²) in [5.74, 6) is -0.167. The minimum Gasteiger partial charge on any atom is -0.321 e. The second-order valence-corrected chi connectivity index (χ2v) is 4.76. The smallest absolute Gasteiger partial charge is 0.321 e. The zero-order valence-corrected chi connectivity index (χ0v) is 11.1. The highest BCUT2D eigenvalue weighted by atomic mass is 35.5. The number of amides is 3. The Hall–Kier alpha value is -1.55. The van der Waals surface area contributed by atoms with Gasteiger partial charge in [0, 0.05) is 24.0 Å².